The van der Waals surface area contributed by atoms with E-state index in [0.29, 0.717) is 12.4 Å². The Kier molecular flexibility index (Phi) is 5.63. The summed E-state index contributed by atoms with van der Waals surface area (Å²) in [5.41, 5.74) is 5.37. The fourth-order valence-electron chi connectivity index (χ4n) is 3.96. The highest BCUT2D eigenvalue weighted by molar-refractivity contribution is 5.78. The minimum atomic E-state index is -0.0452. The van der Waals surface area contributed by atoms with Crippen LogP contribution in [0.1, 0.15) is 24.6 Å². The molecule has 5 aromatic rings. The maximum absolute atomic E-state index is 13.2. The third-order valence-corrected chi connectivity index (χ3v) is 5.56. The van der Waals surface area contributed by atoms with Crippen LogP contribution in [0, 0.1) is 0 Å². The number of aromatic nitrogens is 7. The number of benzene rings is 2. The average molecular weight is 438 g/mol. The van der Waals surface area contributed by atoms with Crippen molar-refractivity contribution < 1.29 is 0 Å². The molecule has 0 radical (unpaired) electrons. The summed E-state index contributed by atoms with van der Waals surface area (Å²) in [5.74, 6) is 0.523. The molecule has 3 aromatic heterocycles. The van der Waals surface area contributed by atoms with Gasteiger partial charge in [-0.2, -0.15) is 5.21 Å². The van der Waals surface area contributed by atoms with Crippen molar-refractivity contribution in [3.8, 4) is 28.3 Å². The number of nitrogens with zero attached hydrogens (tertiary/aromatic N) is 6. The fourth-order valence-corrected chi connectivity index (χ4v) is 3.96. The Labute approximate surface area is 190 Å². The van der Waals surface area contributed by atoms with E-state index < -0.39 is 0 Å². The molecule has 0 saturated heterocycles. The van der Waals surface area contributed by atoms with E-state index in [9.17, 15) is 4.79 Å². The summed E-state index contributed by atoms with van der Waals surface area (Å²) in [6.07, 6.45) is 5.56. The second-order valence-electron chi connectivity index (χ2n) is 7.78. The predicted molar refractivity (Wildman–Crippen MR) is 126 cm³/mol. The highest BCUT2D eigenvalue weighted by Gasteiger charge is 2.14. The molecule has 2 aromatic carbocycles. The molecule has 5 rings (SSSR count). The van der Waals surface area contributed by atoms with Gasteiger partial charge in [0.25, 0.3) is 0 Å². The molecule has 0 amide bonds. The Morgan fingerprint density at radius 3 is 2.42 bits per heavy atom. The molecule has 3 heterocycles. The van der Waals surface area contributed by atoms with Crippen molar-refractivity contribution in [3.63, 3.8) is 0 Å². The van der Waals surface area contributed by atoms with Crippen molar-refractivity contribution in [2.45, 2.75) is 26.3 Å². The van der Waals surface area contributed by atoms with Crippen LogP contribution in [0.4, 0.5) is 0 Å². The molecule has 0 fully saturated rings. The van der Waals surface area contributed by atoms with E-state index in [1.54, 1.807) is 4.57 Å². The Hall–Kier alpha value is -4.33. The average Bonchev–Trinajstić information content (AvgIpc) is 3.50. The minimum absolute atomic E-state index is 0.0452. The monoisotopic (exact) mass is 437 g/mol. The maximum atomic E-state index is 13.2. The van der Waals surface area contributed by atoms with Crippen LogP contribution in [0.5, 0.6) is 0 Å². The van der Waals surface area contributed by atoms with Gasteiger partial charge in [-0.25, -0.2) is 4.79 Å². The molecule has 0 aliphatic heterocycles. The summed E-state index contributed by atoms with van der Waals surface area (Å²) < 4.78 is 3.55. The van der Waals surface area contributed by atoms with E-state index in [1.165, 1.54) is 0 Å². The molecule has 8 heteroatoms. The Balaban J connectivity index is 1.46. The van der Waals surface area contributed by atoms with E-state index in [0.717, 1.165) is 46.6 Å². The third kappa shape index (κ3) is 4.10. The molecule has 1 N–H and O–H groups in total. The van der Waals surface area contributed by atoms with Gasteiger partial charge in [0.15, 0.2) is 0 Å². The smallest absolute Gasteiger partial charge is 0.292 e. The van der Waals surface area contributed by atoms with Gasteiger partial charge in [-0.15, -0.1) is 10.2 Å². The van der Waals surface area contributed by atoms with Crippen LogP contribution in [-0.2, 0) is 13.0 Å². The van der Waals surface area contributed by atoms with Gasteiger partial charge in [0.2, 0.25) is 5.82 Å². The van der Waals surface area contributed by atoms with Gasteiger partial charge in [-0.1, -0.05) is 61.9 Å². The van der Waals surface area contributed by atoms with Crippen LogP contribution in [0.15, 0.2) is 83.9 Å². The van der Waals surface area contributed by atoms with Crippen molar-refractivity contribution in [1.29, 1.82) is 0 Å². The van der Waals surface area contributed by atoms with Crippen molar-refractivity contribution >= 4 is 0 Å². The quantitative estimate of drug-likeness (QED) is 0.417. The summed E-state index contributed by atoms with van der Waals surface area (Å²) in [7, 11) is 0. The van der Waals surface area contributed by atoms with E-state index in [-0.39, 0.29) is 5.69 Å². The zero-order valence-electron chi connectivity index (χ0n) is 18.2. The SMILES string of the molecule is CCCc1cn(-c2ccccc2)c(=O)n1Cc1ccc(-c2ccccc2-c2nn[nH]n2)nc1. The number of aryl methyl sites for hydroxylation is 1. The minimum Gasteiger partial charge on any atom is -0.292 e. The van der Waals surface area contributed by atoms with Crippen LogP contribution in [0.25, 0.3) is 28.3 Å². The summed E-state index contributed by atoms with van der Waals surface area (Å²) >= 11 is 0. The van der Waals surface area contributed by atoms with Crippen LogP contribution in [-0.4, -0.2) is 34.7 Å². The second-order valence-corrected chi connectivity index (χ2v) is 7.78. The molecule has 0 spiro atoms. The van der Waals surface area contributed by atoms with E-state index in [2.05, 4.69) is 32.5 Å². The van der Waals surface area contributed by atoms with Gasteiger partial charge >= 0.3 is 5.69 Å². The van der Waals surface area contributed by atoms with E-state index >= 15 is 0 Å². The van der Waals surface area contributed by atoms with Gasteiger partial charge < -0.3 is 0 Å². The lowest BCUT2D eigenvalue weighted by molar-refractivity contribution is 0.690. The number of imidazole rings is 1. The molecule has 0 aliphatic carbocycles. The molecular formula is C25H23N7O. The Morgan fingerprint density at radius 2 is 1.73 bits per heavy atom. The molecule has 8 nitrogen and oxygen atoms in total. The largest absolute Gasteiger partial charge is 0.333 e. The summed E-state index contributed by atoms with van der Waals surface area (Å²) in [6.45, 7) is 2.58. The number of nitrogens with one attached hydrogen (secondary N) is 1. The van der Waals surface area contributed by atoms with Gasteiger partial charge in [0, 0.05) is 29.2 Å². The van der Waals surface area contributed by atoms with Crippen molar-refractivity contribution in [2.75, 3.05) is 0 Å². The summed E-state index contributed by atoms with van der Waals surface area (Å²) in [5, 5.41) is 14.3. The molecule has 0 unspecified atom stereocenters. The summed E-state index contributed by atoms with van der Waals surface area (Å²) in [4.78, 5) is 17.9. The molecule has 0 aliphatic rings. The van der Waals surface area contributed by atoms with E-state index in [1.807, 2.05) is 83.7 Å². The lowest BCUT2D eigenvalue weighted by atomic mass is 10.0. The maximum Gasteiger partial charge on any atom is 0.333 e. The van der Waals surface area contributed by atoms with Crippen LogP contribution in [0.2, 0.25) is 0 Å². The number of hydrogen-bond donors (Lipinski definition) is 1. The normalized spacial score (nSPS) is 11.1. The molecule has 0 bridgehead atoms. The van der Waals surface area contributed by atoms with Gasteiger partial charge in [-0.3, -0.25) is 14.1 Å². The lowest BCUT2D eigenvalue weighted by Crippen LogP contribution is -2.24. The van der Waals surface area contributed by atoms with Gasteiger partial charge in [-0.05, 0) is 35.4 Å². The fraction of sp³-hybridized carbons (Fsp3) is 0.160. The van der Waals surface area contributed by atoms with Crippen molar-refractivity contribution in [3.05, 3.63) is 101 Å². The second kappa shape index (κ2) is 9.04. The van der Waals surface area contributed by atoms with E-state index in [4.69, 9.17) is 0 Å². The zero-order valence-corrected chi connectivity index (χ0v) is 18.2. The Morgan fingerprint density at radius 1 is 0.939 bits per heavy atom. The van der Waals surface area contributed by atoms with Gasteiger partial charge in [0.1, 0.15) is 0 Å². The molecular weight excluding hydrogens is 414 g/mol. The zero-order chi connectivity index (χ0) is 22.6. The molecule has 0 saturated carbocycles. The standard InChI is InChI=1S/C25H23N7O/c1-2-8-20-17-32(19-9-4-3-5-10-19)25(33)31(20)16-18-13-14-23(26-15-18)21-11-6-7-12-22(21)24-27-29-30-28-24/h3-7,9-15,17H,2,8,16H2,1H3,(H,27,28,29,30). The number of tetrazole rings is 1. The highest BCUT2D eigenvalue weighted by Crippen LogP contribution is 2.28. The first kappa shape index (κ1) is 20.6. The number of H-pyrrole nitrogens is 1. The number of rotatable bonds is 7. The molecule has 33 heavy (non-hydrogen) atoms. The number of aromatic amines is 1. The van der Waals surface area contributed by atoms with Crippen LogP contribution < -0.4 is 5.69 Å². The molecule has 164 valence electrons. The first-order chi connectivity index (χ1) is 16.2. The van der Waals surface area contributed by atoms with Crippen LogP contribution >= 0.6 is 0 Å². The first-order valence-electron chi connectivity index (χ1n) is 10.9. The Bertz CT molecular complexity index is 1400. The summed E-state index contributed by atoms with van der Waals surface area (Å²) in [6, 6.07) is 21.5. The van der Waals surface area contributed by atoms with Crippen molar-refractivity contribution in [1.82, 2.24) is 34.7 Å². The lowest BCUT2D eigenvalue weighted by Gasteiger charge is -2.09. The number of para-hydroxylation sites is 1. The topological polar surface area (TPSA) is 94.3 Å². The predicted octanol–water partition coefficient (Wildman–Crippen LogP) is 3.88. The number of hydrogen-bond acceptors (Lipinski definition) is 5. The van der Waals surface area contributed by atoms with Gasteiger partial charge in [0.05, 0.1) is 17.9 Å². The first-order valence-corrected chi connectivity index (χ1v) is 10.9. The molecule has 0 atom stereocenters. The highest BCUT2D eigenvalue weighted by atomic mass is 16.1. The van der Waals surface area contributed by atoms with Crippen LogP contribution in [0.3, 0.4) is 0 Å². The number of pyridine rings is 1. The third-order valence-electron chi connectivity index (χ3n) is 5.56. The van der Waals surface area contributed by atoms with Crippen molar-refractivity contribution in [2.24, 2.45) is 0 Å².